The number of hydrogen-bond acceptors (Lipinski definition) is 5. The molecule has 0 bridgehead atoms. The van der Waals surface area contributed by atoms with E-state index in [2.05, 4.69) is 36.1 Å². The fourth-order valence-corrected chi connectivity index (χ4v) is 3.07. The molecule has 2 heterocycles. The average Bonchev–Trinajstić information content (AvgIpc) is 2.48. The van der Waals surface area contributed by atoms with Gasteiger partial charge in [0.05, 0.1) is 0 Å². The zero-order chi connectivity index (χ0) is 15.4. The number of hydrogen-bond donors (Lipinski definition) is 2. The molecular formula is C16H29N5. The highest BCUT2D eigenvalue weighted by Crippen LogP contribution is 2.30. The first-order valence-electron chi connectivity index (χ1n) is 8.16. The highest BCUT2D eigenvalue weighted by atomic mass is 15.3. The number of piperidine rings is 1. The fourth-order valence-electron chi connectivity index (χ4n) is 3.07. The standard InChI is InChI=1S/C16H29N5/c1-5-6-13-7-9-21(10-8-13)16-12(4)15(20-17)18-14(19-16)11(2)3/h11,13H,5-10,17H2,1-4H3,(H,18,19,20). The third kappa shape index (κ3) is 3.64. The predicted molar refractivity (Wildman–Crippen MR) is 88.5 cm³/mol. The van der Waals surface area contributed by atoms with Gasteiger partial charge >= 0.3 is 0 Å². The number of nitrogens with two attached hydrogens (primary N) is 1. The number of nitrogens with zero attached hydrogens (tertiary/aromatic N) is 3. The topological polar surface area (TPSA) is 67.1 Å². The summed E-state index contributed by atoms with van der Waals surface area (Å²) in [5, 5.41) is 0. The maximum Gasteiger partial charge on any atom is 0.148 e. The van der Waals surface area contributed by atoms with Gasteiger partial charge < -0.3 is 10.3 Å². The molecule has 1 aromatic heterocycles. The van der Waals surface area contributed by atoms with Crippen LogP contribution in [0.2, 0.25) is 0 Å². The van der Waals surface area contributed by atoms with Crippen LogP contribution in [0.15, 0.2) is 0 Å². The summed E-state index contributed by atoms with van der Waals surface area (Å²) < 4.78 is 0. The molecule has 118 valence electrons. The Labute approximate surface area is 128 Å². The first kappa shape index (κ1) is 16.0. The molecule has 5 nitrogen and oxygen atoms in total. The summed E-state index contributed by atoms with van der Waals surface area (Å²) in [5.74, 6) is 9.46. The summed E-state index contributed by atoms with van der Waals surface area (Å²) in [6.45, 7) is 10.7. The number of nitrogen functional groups attached to an aromatic ring is 1. The smallest absolute Gasteiger partial charge is 0.148 e. The first-order chi connectivity index (χ1) is 10.1. The molecule has 1 aliphatic rings. The molecule has 2 rings (SSSR count). The SMILES string of the molecule is CCCC1CCN(c2nc(C(C)C)nc(NN)c2C)CC1. The van der Waals surface area contributed by atoms with Gasteiger partial charge in [0.2, 0.25) is 0 Å². The lowest BCUT2D eigenvalue weighted by atomic mass is 9.92. The lowest BCUT2D eigenvalue weighted by Crippen LogP contribution is -2.35. The number of nitrogens with one attached hydrogen (secondary N) is 1. The minimum absolute atomic E-state index is 0.300. The Bertz CT molecular complexity index is 464. The maximum atomic E-state index is 5.62. The molecule has 1 saturated heterocycles. The summed E-state index contributed by atoms with van der Waals surface area (Å²) in [7, 11) is 0. The molecule has 21 heavy (non-hydrogen) atoms. The van der Waals surface area contributed by atoms with Crippen LogP contribution in [0.1, 0.15) is 63.8 Å². The van der Waals surface area contributed by atoms with Gasteiger partial charge in [-0.05, 0) is 25.7 Å². The van der Waals surface area contributed by atoms with Gasteiger partial charge in [-0.25, -0.2) is 15.8 Å². The Morgan fingerprint density at radius 2 is 1.95 bits per heavy atom. The Kier molecular flexibility index (Phi) is 5.39. The number of hydrazine groups is 1. The molecule has 1 fully saturated rings. The van der Waals surface area contributed by atoms with Gasteiger partial charge in [0.25, 0.3) is 0 Å². The molecule has 3 N–H and O–H groups in total. The number of anilines is 2. The van der Waals surface area contributed by atoms with Crippen LogP contribution in [-0.2, 0) is 0 Å². The summed E-state index contributed by atoms with van der Waals surface area (Å²) >= 11 is 0. The van der Waals surface area contributed by atoms with E-state index in [4.69, 9.17) is 10.8 Å². The molecule has 5 heteroatoms. The quantitative estimate of drug-likeness (QED) is 0.644. The molecule has 0 aromatic carbocycles. The molecule has 1 aliphatic heterocycles. The van der Waals surface area contributed by atoms with Crippen LogP contribution in [0, 0.1) is 12.8 Å². The van der Waals surface area contributed by atoms with Gasteiger partial charge in [-0.3, -0.25) is 0 Å². The van der Waals surface area contributed by atoms with Crippen molar-refractivity contribution in [3.8, 4) is 0 Å². The second-order valence-corrected chi connectivity index (χ2v) is 6.40. The Balaban J connectivity index is 2.21. The summed E-state index contributed by atoms with van der Waals surface area (Å²) in [6.07, 6.45) is 5.17. The van der Waals surface area contributed by atoms with E-state index in [1.54, 1.807) is 0 Å². The van der Waals surface area contributed by atoms with Crippen LogP contribution in [0.25, 0.3) is 0 Å². The van der Waals surface area contributed by atoms with Gasteiger partial charge in [0.15, 0.2) is 0 Å². The van der Waals surface area contributed by atoms with Crippen LogP contribution in [0.3, 0.4) is 0 Å². The van der Waals surface area contributed by atoms with E-state index in [0.717, 1.165) is 42.0 Å². The lowest BCUT2D eigenvalue weighted by Gasteiger charge is -2.34. The minimum atomic E-state index is 0.300. The van der Waals surface area contributed by atoms with Gasteiger partial charge in [0.1, 0.15) is 17.5 Å². The third-order valence-electron chi connectivity index (χ3n) is 4.40. The molecule has 0 unspecified atom stereocenters. The van der Waals surface area contributed by atoms with E-state index >= 15 is 0 Å². The van der Waals surface area contributed by atoms with Gasteiger partial charge in [-0.2, -0.15) is 0 Å². The Morgan fingerprint density at radius 1 is 1.29 bits per heavy atom. The van der Waals surface area contributed by atoms with Crippen molar-refractivity contribution >= 4 is 11.6 Å². The summed E-state index contributed by atoms with van der Waals surface area (Å²) in [6, 6.07) is 0. The fraction of sp³-hybridized carbons (Fsp3) is 0.750. The molecule has 0 saturated carbocycles. The van der Waals surface area contributed by atoms with Crippen LogP contribution in [0.5, 0.6) is 0 Å². The van der Waals surface area contributed by atoms with Crippen molar-refractivity contribution in [3.63, 3.8) is 0 Å². The Morgan fingerprint density at radius 3 is 2.48 bits per heavy atom. The van der Waals surface area contributed by atoms with Crippen LogP contribution < -0.4 is 16.2 Å². The maximum absolute atomic E-state index is 5.62. The van der Waals surface area contributed by atoms with E-state index in [1.807, 2.05) is 6.92 Å². The molecular weight excluding hydrogens is 262 g/mol. The molecule has 0 radical (unpaired) electrons. The molecule has 0 aliphatic carbocycles. The van der Waals surface area contributed by atoms with E-state index in [1.165, 1.54) is 25.7 Å². The molecule has 0 amide bonds. The highest BCUT2D eigenvalue weighted by molar-refractivity contribution is 5.58. The van der Waals surface area contributed by atoms with Crippen molar-refractivity contribution in [2.75, 3.05) is 23.4 Å². The predicted octanol–water partition coefficient (Wildman–Crippen LogP) is 3.21. The largest absolute Gasteiger partial charge is 0.356 e. The van der Waals surface area contributed by atoms with E-state index in [-0.39, 0.29) is 0 Å². The minimum Gasteiger partial charge on any atom is -0.356 e. The van der Waals surface area contributed by atoms with Gasteiger partial charge in [-0.15, -0.1) is 0 Å². The first-order valence-corrected chi connectivity index (χ1v) is 8.16. The second kappa shape index (κ2) is 7.07. The zero-order valence-electron chi connectivity index (χ0n) is 13.8. The van der Waals surface area contributed by atoms with Crippen molar-refractivity contribution in [1.82, 2.24) is 9.97 Å². The van der Waals surface area contributed by atoms with Crippen molar-refractivity contribution in [1.29, 1.82) is 0 Å². The number of aromatic nitrogens is 2. The van der Waals surface area contributed by atoms with Crippen LogP contribution in [-0.4, -0.2) is 23.1 Å². The van der Waals surface area contributed by atoms with Crippen molar-refractivity contribution in [3.05, 3.63) is 11.4 Å². The zero-order valence-corrected chi connectivity index (χ0v) is 13.8. The summed E-state index contributed by atoms with van der Waals surface area (Å²) in [4.78, 5) is 11.7. The van der Waals surface area contributed by atoms with Crippen molar-refractivity contribution < 1.29 is 0 Å². The average molecular weight is 291 g/mol. The van der Waals surface area contributed by atoms with E-state index in [0.29, 0.717) is 5.92 Å². The molecule has 0 atom stereocenters. The summed E-state index contributed by atoms with van der Waals surface area (Å²) in [5.41, 5.74) is 3.77. The van der Waals surface area contributed by atoms with Crippen molar-refractivity contribution in [2.24, 2.45) is 11.8 Å². The Hall–Kier alpha value is -1.36. The van der Waals surface area contributed by atoms with Crippen LogP contribution in [0.4, 0.5) is 11.6 Å². The monoisotopic (exact) mass is 291 g/mol. The van der Waals surface area contributed by atoms with E-state index in [9.17, 15) is 0 Å². The highest BCUT2D eigenvalue weighted by Gasteiger charge is 2.23. The van der Waals surface area contributed by atoms with Gasteiger partial charge in [0, 0.05) is 24.6 Å². The normalized spacial score (nSPS) is 16.6. The van der Waals surface area contributed by atoms with E-state index < -0.39 is 0 Å². The lowest BCUT2D eigenvalue weighted by molar-refractivity contribution is 0.377. The van der Waals surface area contributed by atoms with Gasteiger partial charge in [-0.1, -0.05) is 33.6 Å². The second-order valence-electron chi connectivity index (χ2n) is 6.40. The molecule has 0 spiro atoms. The third-order valence-corrected chi connectivity index (χ3v) is 4.40. The number of rotatable bonds is 5. The van der Waals surface area contributed by atoms with Crippen LogP contribution >= 0.6 is 0 Å². The van der Waals surface area contributed by atoms with Crippen molar-refractivity contribution in [2.45, 2.75) is 59.3 Å². The molecule has 1 aromatic rings.